The van der Waals surface area contributed by atoms with Gasteiger partial charge in [-0.1, -0.05) is 53.2 Å². The van der Waals surface area contributed by atoms with Crippen molar-refractivity contribution in [3.05, 3.63) is 64.1 Å². The minimum absolute atomic E-state index is 0.282. The maximum absolute atomic E-state index is 13.0. The van der Waals surface area contributed by atoms with E-state index in [0.29, 0.717) is 17.7 Å². The van der Waals surface area contributed by atoms with Crippen LogP contribution in [0, 0.1) is 6.92 Å². The largest absolute Gasteiger partial charge is 0.345 e. The van der Waals surface area contributed by atoms with Gasteiger partial charge in [0.05, 0.1) is 6.54 Å². The van der Waals surface area contributed by atoms with E-state index in [4.69, 9.17) is 0 Å². The van der Waals surface area contributed by atoms with Crippen molar-refractivity contribution in [3.63, 3.8) is 0 Å². The number of carbonyl (C=O) groups excluding carboxylic acids is 4. The number of nitrogens with zero attached hydrogens (tertiary/aromatic N) is 1. The molecule has 1 aliphatic heterocycles. The van der Waals surface area contributed by atoms with Crippen molar-refractivity contribution >= 4 is 45.4 Å². The van der Waals surface area contributed by atoms with Crippen LogP contribution in [0.1, 0.15) is 24.5 Å². The van der Waals surface area contributed by atoms with Crippen LogP contribution in [0.15, 0.2) is 53.0 Å². The number of hydrogen-bond donors (Lipinski definition) is 3. The molecule has 0 bridgehead atoms. The normalized spacial score (nSPS) is 18.0. The number of imide groups is 1. The van der Waals surface area contributed by atoms with E-state index < -0.39 is 35.8 Å². The van der Waals surface area contributed by atoms with Crippen LogP contribution in [0.2, 0.25) is 0 Å². The first-order valence-corrected chi connectivity index (χ1v) is 10.6. The molecule has 2 aromatic rings. The minimum Gasteiger partial charge on any atom is -0.345 e. The first kappa shape index (κ1) is 22.5. The Kier molecular flexibility index (Phi) is 6.74. The topological polar surface area (TPSA) is 108 Å². The van der Waals surface area contributed by atoms with Crippen molar-refractivity contribution in [2.24, 2.45) is 0 Å². The molecular formula is C22H23BrN4O4. The van der Waals surface area contributed by atoms with Gasteiger partial charge in [0.2, 0.25) is 11.8 Å². The maximum Gasteiger partial charge on any atom is 0.325 e. The van der Waals surface area contributed by atoms with Gasteiger partial charge in [0.25, 0.3) is 5.91 Å². The van der Waals surface area contributed by atoms with Crippen molar-refractivity contribution in [3.8, 4) is 0 Å². The Morgan fingerprint density at radius 2 is 1.81 bits per heavy atom. The van der Waals surface area contributed by atoms with Crippen molar-refractivity contribution in [2.75, 3.05) is 18.4 Å². The first-order chi connectivity index (χ1) is 14.8. The molecule has 0 aliphatic carbocycles. The molecule has 1 atom stereocenters. The Morgan fingerprint density at radius 1 is 1.10 bits per heavy atom. The molecule has 2 aromatic carbocycles. The highest BCUT2D eigenvalue weighted by molar-refractivity contribution is 9.10. The molecule has 5 amide bonds. The van der Waals surface area contributed by atoms with E-state index >= 15 is 0 Å². The monoisotopic (exact) mass is 486 g/mol. The number of carbonyl (C=O) groups is 4. The molecule has 1 aliphatic rings. The summed E-state index contributed by atoms with van der Waals surface area (Å²) in [5.74, 6) is -1.51. The van der Waals surface area contributed by atoms with Crippen molar-refractivity contribution in [1.29, 1.82) is 0 Å². The summed E-state index contributed by atoms with van der Waals surface area (Å²) in [4.78, 5) is 50.8. The molecule has 31 heavy (non-hydrogen) atoms. The van der Waals surface area contributed by atoms with Crippen LogP contribution in [0.4, 0.5) is 10.5 Å². The molecule has 1 fully saturated rings. The Balaban J connectivity index is 1.59. The number of rotatable bonds is 7. The summed E-state index contributed by atoms with van der Waals surface area (Å²) in [6.45, 7) is 2.89. The molecule has 1 heterocycles. The Bertz CT molecular complexity index is 1030. The maximum atomic E-state index is 13.0. The zero-order valence-corrected chi connectivity index (χ0v) is 18.8. The fourth-order valence-corrected chi connectivity index (χ4v) is 3.95. The zero-order valence-electron chi connectivity index (χ0n) is 17.2. The summed E-state index contributed by atoms with van der Waals surface area (Å²) in [5.41, 5.74) is 0.954. The Morgan fingerprint density at radius 3 is 2.45 bits per heavy atom. The fraction of sp³-hybridized carbons (Fsp3) is 0.273. The lowest BCUT2D eigenvalue weighted by molar-refractivity contribution is -0.135. The number of halogens is 1. The van der Waals surface area contributed by atoms with E-state index in [1.165, 1.54) is 0 Å². The van der Waals surface area contributed by atoms with E-state index in [1.807, 2.05) is 19.1 Å². The van der Waals surface area contributed by atoms with Crippen LogP contribution < -0.4 is 16.0 Å². The van der Waals surface area contributed by atoms with Crippen LogP contribution in [-0.4, -0.2) is 41.7 Å². The molecule has 0 spiro atoms. The average Bonchev–Trinajstić information content (AvgIpc) is 3.00. The fourth-order valence-electron chi connectivity index (χ4n) is 3.47. The van der Waals surface area contributed by atoms with Gasteiger partial charge in [-0.2, -0.15) is 0 Å². The van der Waals surface area contributed by atoms with Gasteiger partial charge in [-0.15, -0.1) is 0 Å². The molecule has 0 saturated carbocycles. The first-order valence-electron chi connectivity index (χ1n) is 9.79. The predicted octanol–water partition coefficient (Wildman–Crippen LogP) is 2.67. The second-order valence-electron chi connectivity index (χ2n) is 7.23. The van der Waals surface area contributed by atoms with Crippen molar-refractivity contribution in [1.82, 2.24) is 15.5 Å². The lowest BCUT2D eigenvalue weighted by atomic mass is 9.87. The van der Waals surface area contributed by atoms with Gasteiger partial charge in [-0.3, -0.25) is 19.3 Å². The zero-order chi connectivity index (χ0) is 22.6. The minimum atomic E-state index is -1.20. The molecule has 0 unspecified atom stereocenters. The van der Waals surface area contributed by atoms with E-state index in [9.17, 15) is 19.2 Å². The highest BCUT2D eigenvalue weighted by Gasteiger charge is 2.51. The van der Waals surface area contributed by atoms with E-state index in [1.54, 1.807) is 43.3 Å². The summed E-state index contributed by atoms with van der Waals surface area (Å²) in [5, 5.41) is 7.89. The third kappa shape index (κ3) is 4.77. The van der Waals surface area contributed by atoms with Gasteiger partial charge < -0.3 is 16.0 Å². The summed E-state index contributed by atoms with van der Waals surface area (Å²) in [7, 11) is 0. The highest BCUT2D eigenvalue weighted by atomic mass is 79.9. The SMILES string of the molecule is CC[C@@]1(c2ccccc2)NC(=O)N(CC(=O)NCC(=O)Nc2ccc(Br)cc2C)C1=O. The van der Waals surface area contributed by atoms with Crippen molar-refractivity contribution in [2.45, 2.75) is 25.8 Å². The average molecular weight is 487 g/mol. The third-order valence-electron chi connectivity index (χ3n) is 5.18. The van der Waals surface area contributed by atoms with Crippen LogP contribution in [0.25, 0.3) is 0 Å². The van der Waals surface area contributed by atoms with Crippen LogP contribution in [-0.2, 0) is 19.9 Å². The molecule has 3 rings (SSSR count). The second kappa shape index (κ2) is 9.30. The quantitative estimate of drug-likeness (QED) is 0.522. The number of aryl methyl sites for hydroxylation is 1. The van der Waals surface area contributed by atoms with E-state index in [0.717, 1.165) is 14.9 Å². The van der Waals surface area contributed by atoms with Crippen molar-refractivity contribution < 1.29 is 19.2 Å². The highest BCUT2D eigenvalue weighted by Crippen LogP contribution is 2.32. The predicted molar refractivity (Wildman–Crippen MR) is 119 cm³/mol. The summed E-state index contributed by atoms with van der Waals surface area (Å²) >= 11 is 3.36. The van der Waals surface area contributed by atoms with Gasteiger partial charge in [0.15, 0.2) is 0 Å². The van der Waals surface area contributed by atoms with Gasteiger partial charge in [-0.25, -0.2) is 4.79 Å². The standard InChI is InChI=1S/C22H23BrN4O4/c1-3-22(15-7-5-4-6-8-15)20(30)27(21(31)26-22)13-19(29)24-12-18(28)25-17-10-9-16(23)11-14(17)2/h4-11H,3,12-13H2,1-2H3,(H,24,29)(H,25,28)(H,26,31)/t22-/m0/s1. The molecule has 9 heteroatoms. The number of hydrogen-bond acceptors (Lipinski definition) is 4. The van der Waals surface area contributed by atoms with Crippen LogP contribution in [0.5, 0.6) is 0 Å². The molecule has 0 aromatic heterocycles. The molecular weight excluding hydrogens is 464 g/mol. The van der Waals surface area contributed by atoms with E-state index in [-0.39, 0.29) is 6.54 Å². The summed E-state index contributed by atoms with van der Waals surface area (Å²) in [6.07, 6.45) is 0.342. The van der Waals surface area contributed by atoms with Gasteiger partial charge in [0.1, 0.15) is 12.1 Å². The number of nitrogens with one attached hydrogen (secondary N) is 3. The number of amides is 5. The molecule has 8 nitrogen and oxygen atoms in total. The summed E-state index contributed by atoms with van der Waals surface area (Å²) < 4.78 is 0.892. The molecule has 1 saturated heterocycles. The van der Waals surface area contributed by atoms with Crippen LogP contribution >= 0.6 is 15.9 Å². The molecule has 162 valence electrons. The number of benzene rings is 2. The number of urea groups is 1. The summed E-state index contributed by atoms with van der Waals surface area (Å²) in [6, 6.07) is 13.7. The van der Waals surface area contributed by atoms with Crippen LogP contribution in [0.3, 0.4) is 0 Å². The van der Waals surface area contributed by atoms with Gasteiger partial charge in [0, 0.05) is 10.2 Å². The lowest BCUT2D eigenvalue weighted by Gasteiger charge is -2.25. The lowest BCUT2D eigenvalue weighted by Crippen LogP contribution is -2.45. The second-order valence-corrected chi connectivity index (χ2v) is 8.15. The smallest absolute Gasteiger partial charge is 0.325 e. The Labute approximate surface area is 188 Å². The van der Waals surface area contributed by atoms with Gasteiger partial charge in [-0.05, 0) is 42.7 Å². The third-order valence-corrected chi connectivity index (χ3v) is 5.68. The number of anilines is 1. The van der Waals surface area contributed by atoms with Gasteiger partial charge >= 0.3 is 6.03 Å². The van der Waals surface area contributed by atoms with E-state index in [2.05, 4.69) is 31.9 Å². The molecule has 3 N–H and O–H groups in total. The molecule has 0 radical (unpaired) electrons. The Hall–Kier alpha value is -3.20.